The molecule has 3 aromatic carbocycles. The zero-order chi connectivity index (χ0) is 24.5. The number of amides is 1. The average molecular weight is 487 g/mol. The lowest BCUT2D eigenvalue weighted by molar-refractivity contribution is -0.122. The Balaban J connectivity index is 1.65. The Hall–Kier alpha value is -3.77. The lowest BCUT2D eigenvalue weighted by Crippen LogP contribution is -2.51. The van der Waals surface area contributed by atoms with Gasteiger partial charge in [-0.25, -0.2) is 4.39 Å². The number of carbonyl (C=O) groups is 3. The quantitative estimate of drug-likeness (QED) is 0.527. The number of hydrogen-bond donors (Lipinski definition) is 1. The van der Waals surface area contributed by atoms with E-state index >= 15 is 0 Å². The second-order valence-electron chi connectivity index (χ2n) is 9.19. The Morgan fingerprint density at radius 1 is 1.06 bits per heavy atom. The van der Waals surface area contributed by atoms with Crippen molar-refractivity contribution in [3.05, 3.63) is 100 Å². The van der Waals surface area contributed by atoms with Crippen molar-refractivity contribution in [2.45, 2.75) is 24.4 Å². The number of anilines is 2. The second kappa shape index (κ2) is 7.62. The van der Waals surface area contributed by atoms with E-state index in [9.17, 15) is 18.8 Å². The van der Waals surface area contributed by atoms with E-state index in [2.05, 4.69) is 5.32 Å². The van der Waals surface area contributed by atoms with Crippen molar-refractivity contribution in [1.29, 1.82) is 0 Å². The Morgan fingerprint density at radius 2 is 1.80 bits per heavy atom. The molecule has 4 atom stereocenters. The van der Waals surface area contributed by atoms with Crippen molar-refractivity contribution in [3.8, 4) is 0 Å². The molecule has 3 aliphatic rings. The van der Waals surface area contributed by atoms with Crippen molar-refractivity contribution in [1.82, 2.24) is 0 Å². The molecular weight excluding hydrogens is 467 g/mol. The van der Waals surface area contributed by atoms with Crippen molar-refractivity contribution in [3.63, 3.8) is 0 Å². The maximum Gasteiger partial charge on any atom is 0.238 e. The molecule has 3 heterocycles. The SMILES string of the molecule is CC(=O)[C@@H]1[C@H](C(=O)c2ccc(F)cc2)[C@@]2(C(=O)Nc3ccccc32)C2C=Cc3cc(Cl)ccc3N21. The molecule has 3 aromatic rings. The van der Waals surface area contributed by atoms with Gasteiger partial charge in [-0.05, 0) is 66.6 Å². The largest absolute Gasteiger partial charge is 0.352 e. The molecule has 5 nitrogen and oxygen atoms in total. The minimum absolute atomic E-state index is 0.235. The van der Waals surface area contributed by atoms with Gasteiger partial charge in [0.1, 0.15) is 11.2 Å². The van der Waals surface area contributed by atoms with Crippen LogP contribution in [0.3, 0.4) is 0 Å². The molecule has 1 N–H and O–H groups in total. The van der Waals surface area contributed by atoms with Gasteiger partial charge in [0, 0.05) is 22.0 Å². The van der Waals surface area contributed by atoms with Gasteiger partial charge in [-0.1, -0.05) is 42.0 Å². The number of Topliss-reactive ketones (excluding diaryl/α,β-unsaturated/α-hetero) is 2. The van der Waals surface area contributed by atoms with Gasteiger partial charge in [-0.2, -0.15) is 0 Å². The van der Waals surface area contributed by atoms with Gasteiger partial charge in [0.05, 0.1) is 18.0 Å². The molecule has 35 heavy (non-hydrogen) atoms. The van der Waals surface area contributed by atoms with Crippen LogP contribution >= 0.6 is 11.6 Å². The van der Waals surface area contributed by atoms with Gasteiger partial charge >= 0.3 is 0 Å². The van der Waals surface area contributed by atoms with E-state index in [-0.39, 0.29) is 23.0 Å². The van der Waals surface area contributed by atoms with Gasteiger partial charge in [-0.3, -0.25) is 14.4 Å². The Kier molecular flexibility index (Phi) is 4.73. The van der Waals surface area contributed by atoms with E-state index < -0.39 is 29.2 Å². The monoisotopic (exact) mass is 486 g/mol. The normalized spacial score (nSPS) is 25.7. The highest BCUT2D eigenvalue weighted by Gasteiger charge is 2.69. The molecule has 1 spiro atoms. The Bertz CT molecular complexity index is 1450. The van der Waals surface area contributed by atoms with E-state index in [1.54, 1.807) is 18.2 Å². The highest BCUT2D eigenvalue weighted by Crippen LogP contribution is 2.57. The molecule has 174 valence electrons. The molecule has 1 unspecified atom stereocenters. The number of benzene rings is 3. The fourth-order valence-corrected chi connectivity index (χ4v) is 6.28. The topological polar surface area (TPSA) is 66.5 Å². The summed E-state index contributed by atoms with van der Waals surface area (Å²) in [6.07, 6.45) is 3.77. The van der Waals surface area contributed by atoms with Crippen LogP contribution in [-0.4, -0.2) is 29.6 Å². The van der Waals surface area contributed by atoms with Crippen LogP contribution in [0.5, 0.6) is 0 Å². The van der Waals surface area contributed by atoms with Crippen molar-refractivity contribution in [2.75, 3.05) is 10.2 Å². The van der Waals surface area contributed by atoms with Crippen LogP contribution in [0.2, 0.25) is 5.02 Å². The maximum absolute atomic E-state index is 14.2. The molecule has 0 saturated carbocycles. The summed E-state index contributed by atoms with van der Waals surface area (Å²) >= 11 is 6.23. The predicted octanol–water partition coefficient (Wildman–Crippen LogP) is 5.04. The van der Waals surface area contributed by atoms with E-state index in [4.69, 9.17) is 11.6 Å². The van der Waals surface area contributed by atoms with E-state index in [1.165, 1.54) is 31.2 Å². The number of para-hydroxylation sites is 1. The van der Waals surface area contributed by atoms with Crippen molar-refractivity contribution in [2.24, 2.45) is 5.92 Å². The van der Waals surface area contributed by atoms with E-state index in [0.717, 1.165) is 11.3 Å². The summed E-state index contributed by atoms with van der Waals surface area (Å²) in [6.45, 7) is 1.44. The zero-order valence-corrected chi connectivity index (χ0v) is 19.4. The summed E-state index contributed by atoms with van der Waals surface area (Å²) < 4.78 is 13.7. The highest BCUT2D eigenvalue weighted by atomic mass is 35.5. The Labute approximate surface area is 206 Å². The number of nitrogens with one attached hydrogen (secondary N) is 1. The first kappa shape index (κ1) is 21.7. The third-order valence-electron chi connectivity index (χ3n) is 7.42. The van der Waals surface area contributed by atoms with E-state index in [0.29, 0.717) is 16.3 Å². The molecule has 0 radical (unpaired) electrons. The van der Waals surface area contributed by atoms with Gasteiger partial charge in [0.15, 0.2) is 11.6 Å². The van der Waals surface area contributed by atoms with Crippen molar-refractivity contribution < 1.29 is 18.8 Å². The van der Waals surface area contributed by atoms with Gasteiger partial charge in [-0.15, -0.1) is 0 Å². The number of rotatable bonds is 3. The average Bonchev–Trinajstić information content (AvgIpc) is 3.32. The van der Waals surface area contributed by atoms with Crippen LogP contribution in [0.25, 0.3) is 6.08 Å². The second-order valence-corrected chi connectivity index (χ2v) is 9.62. The highest BCUT2D eigenvalue weighted by molar-refractivity contribution is 6.31. The summed E-state index contributed by atoms with van der Waals surface area (Å²) in [5, 5.41) is 3.50. The van der Waals surface area contributed by atoms with Crippen LogP contribution < -0.4 is 10.2 Å². The molecule has 6 rings (SSSR count). The molecule has 0 aliphatic carbocycles. The van der Waals surface area contributed by atoms with Gasteiger partial charge in [0.25, 0.3) is 0 Å². The smallest absolute Gasteiger partial charge is 0.238 e. The van der Waals surface area contributed by atoms with Crippen LogP contribution in [0.15, 0.2) is 72.8 Å². The Morgan fingerprint density at radius 3 is 2.54 bits per heavy atom. The number of halogens is 2. The molecule has 1 amide bonds. The van der Waals surface area contributed by atoms with Crippen LogP contribution in [0, 0.1) is 11.7 Å². The van der Waals surface area contributed by atoms with Crippen LogP contribution in [0.4, 0.5) is 15.8 Å². The lowest BCUT2D eigenvalue weighted by atomic mass is 9.64. The molecule has 0 bridgehead atoms. The standard InChI is InChI=1S/C28H20ClFN2O3/c1-15(33)25-24(26(34)16-6-10-19(30)11-7-16)28(20-4-2-3-5-21(20)31-27(28)35)23-13-8-17-14-18(29)9-12-22(17)32(23)25/h2-14,23-25H,1H3,(H,31,35)/t23?,24-,25-,28+/m1/s1. The molecule has 0 aromatic heterocycles. The third kappa shape index (κ3) is 2.89. The molecular formula is C28H20ClFN2O3. The summed E-state index contributed by atoms with van der Waals surface area (Å²) in [4.78, 5) is 43.3. The molecule has 1 saturated heterocycles. The number of nitrogens with zero attached hydrogens (tertiary/aromatic N) is 1. The minimum Gasteiger partial charge on any atom is -0.352 e. The van der Waals surface area contributed by atoms with E-state index in [1.807, 2.05) is 41.3 Å². The van der Waals surface area contributed by atoms with Gasteiger partial charge < -0.3 is 10.2 Å². The summed E-state index contributed by atoms with van der Waals surface area (Å²) in [5.74, 6) is -2.46. The molecule has 3 aliphatic heterocycles. The lowest BCUT2D eigenvalue weighted by Gasteiger charge is -2.37. The number of fused-ring (bicyclic) bond motifs is 6. The summed E-state index contributed by atoms with van der Waals surface area (Å²) in [5.41, 5.74) is 1.72. The third-order valence-corrected chi connectivity index (χ3v) is 7.66. The van der Waals surface area contributed by atoms with Gasteiger partial charge in [0.2, 0.25) is 5.91 Å². The molecule has 7 heteroatoms. The fraction of sp³-hybridized carbons (Fsp3) is 0.179. The zero-order valence-electron chi connectivity index (χ0n) is 18.7. The minimum atomic E-state index is -1.35. The first-order valence-electron chi connectivity index (χ1n) is 11.3. The van der Waals surface area contributed by atoms with Crippen LogP contribution in [-0.2, 0) is 15.0 Å². The number of hydrogen-bond acceptors (Lipinski definition) is 4. The number of carbonyl (C=O) groups excluding carboxylic acids is 3. The first-order valence-corrected chi connectivity index (χ1v) is 11.7. The fourth-order valence-electron chi connectivity index (χ4n) is 6.10. The summed E-state index contributed by atoms with van der Waals surface area (Å²) in [7, 11) is 0. The number of ketones is 2. The predicted molar refractivity (Wildman–Crippen MR) is 132 cm³/mol. The maximum atomic E-state index is 14.2. The van der Waals surface area contributed by atoms with Crippen LogP contribution in [0.1, 0.15) is 28.4 Å². The molecule has 1 fully saturated rings. The first-order chi connectivity index (χ1) is 16.8. The van der Waals surface area contributed by atoms with Crippen molar-refractivity contribution >= 4 is 46.5 Å². The summed E-state index contributed by atoms with van der Waals surface area (Å²) in [6, 6.07) is 16.4.